The first-order valence-electron chi connectivity index (χ1n) is 10.6. The zero-order valence-electron chi connectivity index (χ0n) is 16.7. The topological polar surface area (TPSA) is 75.2 Å². The van der Waals surface area contributed by atoms with Gasteiger partial charge in [-0.1, -0.05) is 31.0 Å². The van der Waals surface area contributed by atoms with Crippen LogP contribution >= 0.6 is 11.3 Å². The predicted octanol–water partition coefficient (Wildman–Crippen LogP) is 4.45. The Hall–Kier alpha value is -2.80. The van der Waals surface area contributed by atoms with E-state index in [1.54, 1.807) is 6.20 Å². The summed E-state index contributed by atoms with van der Waals surface area (Å²) in [4.78, 5) is 36.8. The van der Waals surface area contributed by atoms with Gasteiger partial charge in [0.2, 0.25) is 5.91 Å². The molecule has 0 spiro atoms. The monoisotopic (exact) mass is 420 g/mol. The molecule has 7 heteroatoms. The van der Waals surface area contributed by atoms with Gasteiger partial charge < -0.3 is 4.90 Å². The molecule has 1 saturated carbocycles. The van der Waals surface area contributed by atoms with E-state index in [-0.39, 0.29) is 17.7 Å². The van der Waals surface area contributed by atoms with Gasteiger partial charge in [0, 0.05) is 47.6 Å². The van der Waals surface area contributed by atoms with Gasteiger partial charge >= 0.3 is 0 Å². The smallest absolute Gasteiger partial charge is 0.258 e. The van der Waals surface area contributed by atoms with Crippen LogP contribution < -0.4 is 5.32 Å². The molecule has 1 aromatic carbocycles. The van der Waals surface area contributed by atoms with Crippen LogP contribution in [-0.2, 0) is 4.79 Å². The fourth-order valence-electron chi connectivity index (χ4n) is 4.68. The number of hydrogen-bond donors (Lipinski definition) is 1. The van der Waals surface area contributed by atoms with Crippen LogP contribution in [0.15, 0.2) is 41.9 Å². The fraction of sp³-hybridized carbons (Fsp3) is 0.391. The lowest BCUT2D eigenvalue weighted by molar-refractivity contribution is -0.134. The number of nitrogens with zero attached hydrogens (tertiary/aromatic N) is 3. The van der Waals surface area contributed by atoms with E-state index in [2.05, 4.69) is 10.3 Å². The average Bonchev–Trinajstić information content (AvgIpc) is 3.55. The Morgan fingerprint density at radius 1 is 1.13 bits per heavy atom. The van der Waals surface area contributed by atoms with Gasteiger partial charge in [-0.2, -0.15) is 0 Å². The fourth-order valence-corrected chi connectivity index (χ4v) is 5.20. The van der Waals surface area contributed by atoms with Crippen molar-refractivity contribution in [3.63, 3.8) is 0 Å². The molecule has 1 aliphatic heterocycles. The number of thiazole rings is 1. The van der Waals surface area contributed by atoms with E-state index in [4.69, 9.17) is 4.98 Å². The SMILES string of the molecule is O=C(Nc1nccs1)c1cc([C@@H]2CCN(C(=O)C3CCCC3)C2)nc2ccccc12. The first-order chi connectivity index (χ1) is 14.7. The second-order valence-corrected chi connectivity index (χ2v) is 9.05. The third kappa shape index (κ3) is 3.69. The molecule has 3 aromatic rings. The summed E-state index contributed by atoms with van der Waals surface area (Å²) >= 11 is 1.39. The lowest BCUT2D eigenvalue weighted by Crippen LogP contribution is -2.33. The number of rotatable bonds is 4. The number of aromatic nitrogens is 2. The number of amides is 2. The molecule has 1 aliphatic carbocycles. The molecule has 2 fully saturated rings. The molecule has 1 atom stereocenters. The van der Waals surface area contributed by atoms with Crippen molar-refractivity contribution in [2.75, 3.05) is 18.4 Å². The lowest BCUT2D eigenvalue weighted by Gasteiger charge is -2.20. The summed E-state index contributed by atoms with van der Waals surface area (Å²) in [5, 5.41) is 6.13. The first-order valence-corrected chi connectivity index (χ1v) is 11.5. The van der Waals surface area contributed by atoms with Crippen molar-refractivity contribution in [2.45, 2.75) is 38.0 Å². The van der Waals surface area contributed by atoms with Crippen molar-refractivity contribution < 1.29 is 9.59 Å². The second kappa shape index (κ2) is 8.14. The van der Waals surface area contributed by atoms with Crippen molar-refractivity contribution in [2.24, 2.45) is 5.92 Å². The van der Waals surface area contributed by atoms with Gasteiger partial charge in [0.25, 0.3) is 5.91 Å². The largest absolute Gasteiger partial charge is 0.342 e. The minimum Gasteiger partial charge on any atom is -0.342 e. The molecule has 2 amide bonds. The molecule has 1 saturated heterocycles. The van der Waals surface area contributed by atoms with Gasteiger partial charge in [-0.25, -0.2) is 4.98 Å². The van der Waals surface area contributed by atoms with Crippen molar-refractivity contribution in [1.82, 2.24) is 14.9 Å². The van der Waals surface area contributed by atoms with Crippen molar-refractivity contribution in [3.05, 3.63) is 53.2 Å². The van der Waals surface area contributed by atoms with Gasteiger partial charge in [0.15, 0.2) is 5.13 Å². The van der Waals surface area contributed by atoms with Gasteiger partial charge in [-0.05, 0) is 31.4 Å². The van der Waals surface area contributed by atoms with Crippen LogP contribution in [0.3, 0.4) is 0 Å². The summed E-state index contributed by atoms with van der Waals surface area (Å²) in [6.07, 6.45) is 6.93. The number of benzene rings is 1. The summed E-state index contributed by atoms with van der Waals surface area (Å²) in [5.41, 5.74) is 2.30. The summed E-state index contributed by atoms with van der Waals surface area (Å²) < 4.78 is 0. The molecule has 0 bridgehead atoms. The Balaban J connectivity index is 1.42. The quantitative estimate of drug-likeness (QED) is 0.677. The van der Waals surface area contributed by atoms with Gasteiger partial charge in [0.1, 0.15) is 0 Å². The van der Waals surface area contributed by atoms with E-state index in [9.17, 15) is 9.59 Å². The van der Waals surface area contributed by atoms with E-state index in [1.807, 2.05) is 40.6 Å². The molecule has 2 aromatic heterocycles. The van der Waals surface area contributed by atoms with Gasteiger partial charge in [0.05, 0.1) is 11.1 Å². The second-order valence-electron chi connectivity index (χ2n) is 8.15. The molecule has 154 valence electrons. The molecule has 30 heavy (non-hydrogen) atoms. The van der Waals surface area contributed by atoms with E-state index in [0.29, 0.717) is 23.1 Å². The highest BCUT2D eigenvalue weighted by Gasteiger charge is 2.33. The van der Waals surface area contributed by atoms with Crippen LogP contribution in [0.1, 0.15) is 54.1 Å². The van der Waals surface area contributed by atoms with Crippen molar-refractivity contribution in [1.29, 1.82) is 0 Å². The van der Waals surface area contributed by atoms with Crippen LogP contribution in [0.5, 0.6) is 0 Å². The number of carbonyl (C=O) groups excluding carboxylic acids is 2. The predicted molar refractivity (Wildman–Crippen MR) is 118 cm³/mol. The molecule has 5 rings (SSSR count). The molecule has 0 unspecified atom stereocenters. The Morgan fingerprint density at radius 3 is 2.77 bits per heavy atom. The first kappa shape index (κ1) is 19.2. The number of anilines is 1. The summed E-state index contributed by atoms with van der Waals surface area (Å²) in [7, 11) is 0. The summed E-state index contributed by atoms with van der Waals surface area (Å²) in [5.74, 6) is 0.485. The molecular formula is C23H24N4O2S. The number of fused-ring (bicyclic) bond motifs is 1. The lowest BCUT2D eigenvalue weighted by atomic mass is 9.99. The Bertz CT molecular complexity index is 1080. The summed E-state index contributed by atoms with van der Waals surface area (Å²) in [6.45, 7) is 1.46. The molecule has 2 aliphatic rings. The Kier molecular flexibility index (Phi) is 5.21. The van der Waals surface area contributed by atoms with Crippen LogP contribution in [0.25, 0.3) is 10.9 Å². The maximum atomic E-state index is 13.0. The van der Waals surface area contributed by atoms with Crippen LogP contribution in [0, 0.1) is 5.92 Å². The molecular weight excluding hydrogens is 396 g/mol. The highest BCUT2D eigenvalue weighted by molar-refractivity contribution is 7.13. The average molecular weight is 421 g/mol. The number of para-hydroxylation sites is 1. The maximum absolute atomic E-state index is 13.0. The van der Waals surface area contributed by atoms with Crippen molar-refractivity contribution >= 4 is 39.2 Å². The molecule has 6 nitrogen and oxygen atoms in total. The molecule has 3 heterocycles. The minimum absolute atomic E-state index is 0.159. The van der Waals surface area contributed by atoms with E-state index >= 15 is 0 Å². The molecule has 0 radical (unpaired) electrons. The highest BCUT2D eigenvalue weighted by Crippen LogP contribution is 2.33. The summed E-state index contributed by atoms with van der Waals surface area (Å²) in [6, 6.07) is 9.62. The minimum atomic E-state index is -0.179. The number of nitrogens with one attached hydrogen (secondary N) is 1. The van der Waals surface area contributed by atoms with E-state index < -0.39 is 0 Å². The number of pyridine rings is 1. The Morgan fingerprint density at radius 2 is 1.97 bits per heavy atom. The number of hydrogen-bond acceptors (Lipinski definition) is 5. The zero-order chi connectivity index (χ0) is 20.5. The highest BCUT2D eigenvalue weighted by atomic mass is 32.1. The zero-order valence-corrected chi connectivity index (χ0v) is 17.5. The van der Waals surface area contributed by atoms with Gasteiger partial charge in [-0.15, -0.1) is 11.3 Å². The maximum Gasteiger partial charge on any atom is 0.258 e. The van der Waals surface area contributed by atoms with E-state index in [0.717, 1.165) is 55.2 Å². The van der Waals surface area contributed by atoms with Crippen LogP contribution in [-0.4, -0.2) is 39.8 Å². The van der Waals surface area contributed by atoms with Crippen LogP contribution in [0.4, 0.5) is 5.13 Å². The third-order valence-electron chi connectivity index (χ3n) is 6.26. The standard InChI is InChI=1S/C23H24N4O2S/c28-21(26-23-24-10-12-30-23)18-13-20(25-19-8-4-3-7-17(18)19)16-9-11-27(14-16)22(29)15-5-1-2-6-15/h3-4,7-8,10,12-13,15-16H,1-2,5-6,9,11,14H2,(H,24,26,28)/t16-/m1/s1. The van der Waals surface area contributed by atoms with Gasteiger partial charge in [-0.3, -0.25) is 19.9 Å². The normalized spacial score (nSPS) is 19.5. The van der Waals surface area contributed by atoms with Crippen molar-refractivity contribution in [3.8, 4) is 0 Å². The Labute approximate surface area is 179 Å². The number of likely N-dealkylation sites (tertiary alicyclic amines) is 1. The third-order valence-corrected chi connectivity index (χ3v) is 6.94. The van der Waals surface area contributed by atoms with Crippen LogP contribution in [0.2, 0.25) is 0 Å². The van der Waals surface area contributed by atoms with E-state index in [1.165, 1.54) is 11.3 Å². The number of carbonyl (C=O) groups is 2. The molecule has 1 N–H and O–H groups in total.